The summed E-state index contributed by atoms with van der Waals surface area (Å²) in [5.41, 5.74) is 3.52. The summed E-state index contributed by atoms with van der Waals surface area (Å²) in [6.45, 7) is 0. The van der Waals surface area contributed by atoms with Gasteiger partial charge in [-0.15, -0.1) is 0 Å². The van der Waals surface area contributed by atoms with E-state index < -0.39 is 0 Å². The number of benzene rings is 2. The number of fused-ring (bicyclic) bond motifs is 2. The van der Waals surface area contributed by atoms with Crippen molar-refractivity contribution in [1.29, 1.82) is 0 Å². The Bertz CT molecular complexity index is 1150. The maximum atomic E-state index is 12.8. The Hall–Kier alpha value is -3.14. The van der Waals surface area contributed by atoms with E-state index in [1.807, 2.05) is 42.5 Å². The quantitative estimate of drug-likeness (QED) is 0.485. The Balaban J connectivity index is 1.39. The molecule has 0 atom stereocenters. The van der Waals surface area contributed by atoms with Gasteiger partial charge in [0, 0.05) is 34.1 Å². The minimum atomic E-state index is -0.107. The van der Waals surface area contributed by atoms with E-state index >= 15 is 0 Å². The summed E-state index contributed by atoms with van der Waals surface area (Å²) in [5, 5.41) is 5.11. The van der Waals surface area contributed by atoms with Crippen LogP contribution in [0.1, 0.15) is 48.5 Å². The van der Waals surface area contributed by atoms with Crippen LogP contribution in [-0.4, -0.2) is 15.5 Å². The van der Waals surface area contributed by atoms with Crippen molar-refractivity contribution >= 4 is 33.4 Å². The molecule has 0 unspecified atom stereocenters. The summed E-state index contributed by atoms with van der Waals surface area (Å²) in [6.07, 6.45) is 10.4. The number of rotatable bonds is 3. The average Bonchev–Trinajstić information content (AvgIpc) is 3.17. The average molecular weight is 369 g/mol. The van der Waals surface area contributed by atoms with E-state index in [9.17, 15) is 4.79 Å². The Labute approximate surface area is 164 Å². The molecule has 0 spiro atoms. The predicted molar refractivity (Wildman–Crippen MR) is 114 cm³/mol. The molecule has 2 aromatic heterocycles. The van der Waals surface area contributed by atoms with Gasteiger partial charge in [-0.1, -0.05) is 37.5 Å². The van der Waals surface area contributed by atoms with E-state index in [0.717, 1.165) is 16.3 Å². The zero-order valence-electron chi connectivity index (χ0n) is 15.8. The maximum Gasteiger partial charge on any atom is 0.255 e. The van der Waals surface area contributed by atoms with Gasteiger partial charge in [0.15, 0.2) is 0 Å². The fourth-order valence-electron chi connectivity index (χ4n) is 4.33. The molecule has 1 saturated carbocycles. The highest BCUT2D eigenvalue weighted by atomic mass is 16.1. The van der Waals surface area contributed by atoms with Crippen molar-refractivity contribution in [1.82, 2.24) is 9.55 Å². The molecule has 2 aromatic carbocycles. The minimum Gasteiger partial charge on any atom is -0.344 e. The lowest BCUT2D eigenvalue weighted by Gasteiger charge is -2.24. The van der Waals surface area contributed by atoms with Crippen molar-refractivity contribution < 1.29 is 4.79 Å². The summed E-state index contributed by atoms with van der Waals surface area (Å²) >= 11 is 0. The molecule has 0 saturated heterocycles. The number of carbonyl (C=O) groups excluding carboxylic acids is 1. The molecule has 1 fully saturated rings. The van der Waals surface area contributed by atoms with Crippen LogP contribution in [0.4, 0.5) is 5.69 Å². The molecule has 4 nitrogen and oxygen atoms in total. The second-order valence-electron chi connectivity index (χ2n) is 7.66. The Morgan fingerprint density at radius 2 is 1.82 bits per heavy atom. The molecular formula is C24H23N3O. The third kappa shape index (κ3) is 3.15. The first kappa shape index (κ1) is 17.0. The van der Waals surface area contributed by atoms with Crippen LogP contribution in [-0.2, 0) is 0 Å². The number of nitrogens with zero attached hydrogens (tertiary/aromatic N) is 2. The second-order valence-corrected chi connectivity index (χ2v) is 7.66. The van der Waals surface area contributed by atoms with Crippen LogP contribution in [0, 0.1) is 0 Å². The van der Waals surface area contributed by atoms with Gasteiger partial charge in [0.2, 0.25) is 0 Å². The van der Waals surface area contributed by atoms with Crippen molar-refractivity contribution in [2.45, 2.75) is 38.1 Å². The molecule has 0 bridgehead atoms. The minimum absolute atomic E-state index is 0.107. The normalized spacial score (nSPS) is 15.1. The fraction of sp³-hybridized carbons (Fsp3) is 0.250. The standard InChI is InChI=1S/C24H23N3O/c28-24(26-20-15-17-6-4-5-9-22(17)25-16-20)19-10-11-23-18(14-19)12-13-27(23)21-7-2-1-3-8-21/h4-6,9-16,21H,1-3,7-8H2,(H,26,28). The van der Waals surface area contributed by atoms with Gasteiger partial charge in [-0.25, -0.2) is 0 Å². The molecule has 2 heterocycles. The van der Waals surface area contributed by atoms with Crippen LogP contribution in [0.15, 0.2) is 67.0 Å². The molecule has 28 heavy (non-hydrogen) atoms. The summed E-state index contributed by atoms with van der Waals surface area (Å²) in [4.78, 5) is 17.2. The molecule has 1 amide bonds. The summed E-state index contributed by atoms with van der Waals surface area (Å²) in [7, 11) is 0. The lowest BCUT2D eigenvalue weighted by atomic mass is 9.95. The number of amides is 1. The van der Waals surface area contributed by atoms with Gasteiger partial charge in [0.05, 0.1) is 17.4 Å². The number of hydrogen-bond acceptors (Lipinski definition) is 2. The largest absolute Gasteiger partial charge is 0.344 e. The molecule has 140 valence electrons. The zero-order chi connectivity index (χ0) is 18.9. The SMILES string of the molecule is O=C(Nc1cnc2ccccc2c1)c1ccc2c(ccn2C2CCCCC2)c1. The first-order valence-corrected chi connectivity index (χ1v) is 10.0. The van der Waals surface area contributed by atoms with Gasteiger partial charge in [-0.05, 0) is 49.2 Å². The van der Waals surface area contributed by atoms with Crippen LogP contribution in [0.5, 0.6) is 0 Å². The molecule has 0 aliphatic heterocycles. The van der Waals surface area contributed by atoms with Crippen molar-refractivity contribution in [3.8, 4) is 0 Å². The fourth-order valence-corrected chi connectivity index (χ4v) is 4.33. The molecule has 1 N–H and O–H groups in total. The van der Waals surface area contributed by atoms with Crippen LogP contribution in [0.2, 0.25) is 0 Å². The molecule has 1 aliphatic rings. The first-order chi connectivity index (χ1) is 13.8. The number of carbonyl (C=O) groups is 1. The van der Waals surface area contributed by atoms with Crippen molar-refractivity contribution in [3.05, 3.63) is 72.6 Å². The van der Waals surface area contributed by atoms with E-state index in [1.165, 1.54) is 37.6 Å². The lowest BCUT2D eigenvalue weighted by molar-refractivity contribution is 0.102. The number of pyridine rings is 1. The number of aromatic nitrogens is 2. The number of anilines is 1. The van der Waals surface area contributed by atoms with Gasteiger partial charge in [0.25, 0.3) is 5.91 Å². The second kappa shape index (κ2) is 7.12. The van der Waals surface area contributed by atoms with Crippen LogP contribution < -0.4 is 5.32 Å². The Kier molecular flexibility index (Phi) is 4.32. The predicted octanol–water partition coefficient (Wildman–Crippen LogP) is 5.95. The third-order valence-electron chi connectivity index (χ3n) is 5.80. The zero-order valence-corrected chi connectivity index (χ0v) is 15.8. The molecule has 4 heteroatoms. The van der Waals surface area contributed by atoms with E-state index in [-0.39, 0.29) is 5.91 Å². The van der Waals surface area contributed by atoms with Gasteiger partial charge >= 0.3 is 0 Å². The van der Waals surface area contributed by atoms with Gasteiger partial charge in [0.1, 0.15) is 0 Å². The molecule has 5 rings (SSSR count). The van der Waals surface area contributed by atoms with Gasteiger partial charge in [-0.2, -0.15) is 0 Å². The van der Waals surface area contributed by atoms with Crippen LogP contribution in [0.25, 0.3) is 21.8 Å². The number of hydrogen-bond donors (Lipinski definition) is 1. The highest BCUT2D eigenvalue weighted by Gasteiger charge is 2.17. The summed E-state index contributed by atoms with van der Waals surface area (Å²) < 4.78 is 2.39. The topological polar surface area (TPSA) is 46.9 Å². The molecule has 0 radical (unpaired) electrons. The summed E-state index contributed by atoms with van der Waals surface area (Å²) in [6, 6.07) is 18.6. The molecular weight excluding hydrogens is 346 g/mol. The monoisotopic (exact) mass is 369 g/mol. The first-order valence-electron chi connectivity index (χ1n) is 10.0. The lowest BCUT2D eigenvalue weighted by Crippen LogP contribution is -2.13. The smallest absolute Gasteiger partial charge is 0.255 e. The van der Waals surface area contributed by atoms with Crippen molar-refractivity contribution in [3.63, 3.8) is 0 Å². The van der Waals surface area contributed by atoms with Crippen molar-refractivity contribution in [2.24, 2.45) is 0 Å². The number of para-hydroxylation sites is 1. The van der Waals surface area contributed by atoms with E-state index in [4.69, 9.17) is 0 Å². The van der Waals surface area contributed by atoms with Crippen LogP contribution >= 0.6 is 0 Å². The summed E-state index contributed by atoms with van der Waals surface area (Å²) in [5.74, 6) is -0.107. The maximum absolute atomic E-state index is 12.8. The molecule has 1 aliphatic carbocycles. The van der Waals surface area contributed by atoms with Crippen LogP contribution in [0.3, 0.4) is 0 Å². The van der Waals surface area contributed by atoms with E-state index in [2.05, 4.69) is 33.2 Å². The molecule has 4 aromatic rings. The van der Waals surface area contributed by atoms with Gasteiger partial charge in [-0.3, -0.25) is 9.78 Å². The number of nitrogens with one attached hydrogen (secondary N) is 1. The third-order valence-corrected chi connectivity index (χ3v) is 5.80. The van der Waals surface area contributed by atoms with E-state index in [0.29, 0.717) is 17.3 Å². The van der Waals surface area contributed by atoms with Crippen molar-refractivity contribution in [2.75, 3.05) is 5.32 Å². The Morgan fingerprint density at radius 1 is 0.964 bits per heavy atom. The van der Waals surface area contributed by atoms with E-state index in [1.54, 1.807) is 6.20 Å². The van der Waals surface area contributed by atoms with Gasteiger partial charge < -0.3 is 9.88 Å². The Morgan fingerprint density at radius 3 is 2.71 bits per heavy atom. The highest BCUT2D eigenvalue weighted by molar-refractivity contribution is 6.06. The highest BCUT2D eigenvalue weighted by Crippen LogP contribution is 2.32.